The van der Waals surface area contributed by atoms with Crippen molar-refractivity contribution in [2.24, 2.45) is 5.92 Å². The number of rotatable bonds is 4. The summed E-state index contributed by atoms with van der Waals surface area (Å²) in [4.78, 5) is 37.7. The summed E-state index contributed by atoms with van der Waals surface area (Å²) >= 11 is 0. The largest absolute Gasteiger partial charge is 0.327 e. The zero-order chi connectivity index (χ0) is 16.8. The van der Waals surface area contributed by atoms with Crippen LogP contribution in [0.1, 0.15) is 32.3 Å². The lowest BCUT2D eigenvalue weighted by molar-refractivity contribution is -0.139. The van der Waals surface area contributed by atoms with Crippen molar-refractivity contribution in [3.63, 3.8) is 0 Å². The number of benzene rings is 1. The number of nitrogens with one attached hydrogen (secondary N) is 1. The molecule has 0 unspecified atom stereocenters. The van der Waals surface area contributed by atoms with Crippen LogP contribution in [0.2, 0.25) is 0 Å². The van der Waals surface area contributed by atoms with E-state index in [1.165, 1.54) is 11.0 Å². The smallest absolute Gasteiger partial charge is 0.249 e. The van der Waals surface area contributed by atoms with Gasteiger partial charge in [-0.15, -0.1) is 0 Å². The molecule has 1 atom stereocenters. The molecule has 5 heteroatoms. The van der Waals surface area contributed by atoms with E-state index in [0.29, 0.717) is 13.0 Å². The third-order valence-electron chi connectivity index (χ3n) is 3.83. The summed E-state index contributed by atoms with van der Waals surface area (Å²) in [5.41, 5.74) is 0.927. The van der Waals surface area contributed by atoms with Gasteiger partial charge in [0.1, 0.15) is 6.04 Å². The van der Waals surface area contributed by atoms with Crippen molar-refractivity contribution in [1.29, 1.82) is 0 Å². The molecule has 0 saturated carbocycles. The Balaban J connectivity index is 2.00. The molecule has 1 aliphatic rings. The Morgan fingerprint density at radius 3 is 2.57 bits per heavy atom. The highest BCUT2D eigenvalue weighted by atomic mass is 16.2. The van der Waals surface area contributed by atoms with Gasteiger partial charge < -0.3 is 4.90 Å². The molecule has 2 rings (SSSR count). The number of amides is 3. The van der Waals surface area contributed by atoms with Crippen molar-refractivity contribution in [2.75, 3.05) is 6.54 Å². The van der Waals surface area contributed by atoms with Crippen LogP contribution in [0.4, 0.5) is 0 Å². The predicted octanol–water partition coefficient (Wildman–Crippen LogP) is 1.99. The molecule has 0 aromatic heterocycles. The topological polar surface area (TPSA) is 66.5 Å². The molecule has 1 fully saturated rings. The molecular formula is C18H22N2O3. The fraction of sp³-hybridized carbons (Fsp3) is 0.389. The van der Waals surface area contributed by atoms with Crippen LogP contribution >= 0.6 is 0 Å². The highest BCUT2D eigenvalue weighted by Gasteiger charge is 2.34. The number of likely N-dealkylation sites (tertiary alicyclic amines) is 1. The molecular weight excluding hydrogens is 292 g/mol. The molecule has 0 radical (unpaired) electrons. The van der Waals surface area contributed by atoms with Gasteiger partial charge in [0.25, 0.3) is 0 Å². The first-order valence-electron chi connectivity index (χ1n) is 7.87. The highest BCUT2D eigenvalue weighted by Crippen LogP contribution is 2.18. The van der Waals surface area contributed by atoms with Gasteiger partial charge in [-0.2, -0.15) is 0 Å². The van der Waals surface area contributed by atoms with E-state index >= 15 is 0 Å². The van der Waals surface area contributed by atoms with Crippen LogP contribution in [0, 0.1) is 5.92 Å². The Morgan fingerprint density at radius 1 is 1.22 bits per heavy atom. The summed E-state index contributed by atoms with van der Waals surface area (Å²) in [5, 5.41) is 2.38. The van der Waals surface area contributed by atoms with Crippen molar-refractivity contribution in [2.45, 2.75) is 32.7 Å². The third-order valence-corrected chi connectivity index (χ3v) is 3.83. The lowest BCUT2D eigenvalue weighted by Gasteiger charge is -2.22. The number of hydrogen-bond donors (Lipinski definition) is 1. The molecule has 1 N–H and O–H groups in total. The molecule has 0 aliphatic carbocycles. The fourth-order valence-electron chi connectivity index (χ4n) is 2.48. The van der Waals surface area contributed by atoms with Crippen LogP contribution in [0.5, 0.6) is 0 Å². The number of carbonyl (C=O) groups excluding carboxylic acids is 3. The molecule has 3 amide bonds. The van der Waals surface area contributed by atoms with Gasteiger partial charge in [-0.05, 0) is 24.5 Å². The number of imide groups is 1. The molecule has 23 heavy (non-hydrogen) atoms. The molecule has 0 bridgehead atoms. The maximum absolute atomic E-state index is 12.3. The number of carbonyl (C=O) groups is 3. The first-order chi connectivity index (χ1) is 11.0. The van der Waals surface area contributed by atoms with E-state index in [4.69, 9.17) is 0 Å². The van der Waals surface area contributed by atoms with Crippen molar-refractivity contribution in [3.8, 4) is 0 Å². The van der Waals surface area contributed by atoms with Crippen LogP contribution < -0.4 is 5.32 Å². The van der Waals surface area contributed by atoms with E-state index in [1.807, 2.05) is 30.3 Å². The zero-order valence-electron chi connectivity index (χ0n) is 13.5. The van der Waals surface area contributed by atoms with Crippen molar-refractivity contribution in [1.82, 2.24) is 10.2 Å². The minimum absolute atomic E-state index is 0.205. The summed E-state index contributed by atoms with van der Waals surface area (Å²) in [6, 6.07) is 8.94. The van der Waals surface area contributed by atoms with Gasteiger partial charge in [0.05, 0.1) is 0 Å². The van der Waals surface area contributed by atoms with Gasteiger partial charge in [0.15, 0.2) is 0 Å². The first-order valence-corrected chi connectivity index (χ1v) is 7.87. The van der Waals surface area contributed by atoms with Crippen molar-refractivity contribution < 1.29 is 14.4 Å². The Labute approximate surface area is 136 Å². The van der Waals surface area contributed by atoms with E-state index < -0.39 is 6.04 Å². The van der Waals surface area contributed by atoms with E-state index in [-0.39, 0.29) is 23.6 Å². The monoisotopic (exact) mass is 314 g/mol. The van der Waals surface area contributed by atoms with Gasteiger partial charge in [-0.25, -0.2) is 0 Å². The van der Waals surface area contributed by atoms with Crippen LogP contribution in [0.15, 0.2) is 36.4 Å². The van der Waals surface area contributed by atoms with E-state index in [1.54, 1.807) is 19.9 Å². The highest BCUT2D eigenvalue weighted by molar-refractivity contribution is 6.01. The van der Waals surface area contributed by atoms with E-state index in [9.17, 15) is 14.4 Å². The van der Waals surface area contributed by atoms with Gasteiger partial charge in [0.2, 0.25) is 17.7 Å². The molecule has 1 aromatic rings. The molecule has 1 aliphatic heterocycles. The second-order valence-electron chi connectivity index (χ2n) is 5.94. The average Bonchev–Trinajstić information content (AvgIpc) is 3.03. The number of nitrogens with zero attached hydrogens (tertiary/aromatic N) is 1. The molecule has 5 nitrogen and oxygen atoms in total. The van der Waals surface area contributed by atoms with Crippen LogP contribution in [0.25, 0.3) is 6.08 Å². The molecule has 1 saturated heterocycles. The van der Waals surface area contributed by atoms with Gasteiger partial charge >= 0.3 is 0 Å². The standard InChI is InChI=1S/C18H22N2O3/c1-13(2)17(22)19-18(23)15-9-6-12-20(15)16(21)11-10-14-7-4-3-5-8-14/h3-5,7-8,10-11,13,15H,6,9,12H2,1-2H3,(H,19,22,23)/b11-10+/t15-/m0/s1. The fourth-order valence-corrected chi connectivity index (χ4v) is 2.48. The summed E-state index contributed by atoms with van der Waals surface area (Å²) in [6.07, 6.45) is 4.56. The van der Waals surface area contributed by atoms with Crippen LogP contribution in [-0.4, -0.2) is 35.2 Å². The minimum atomic E-state index is -0.564. The Morgan fingerprint density at radius 2 is 1.91 bits per heavy atom. The van der Waals surface area contributed by atoms with Gasteiger partial charge in [-0.1, -0.05) is 44.2 Å². The lowest BCUT2D eigenvalue weighted by atomic mass is 10.1. The first kappa shape index (κ1) is 16.9. The summed E-state index contributed by atoms with van der Waals surface area (Å²) in [7, 11) is 0. The Hall–Kier alpha value is -2.43. The number of hydrogen-bond acceptors (Lipinski definition) is 3. The van der Waals surface area contributed by atoms with E-state index in [2.05, 4.69) is 5.32 Å². The average molecular weight is 314 g/mol. The zero-order valence-corrected chi connectivity index (χ0v) is 13.5. The van der Waals surface area contributed by atoms with Crippen LogP contribution in [-0.2, 0) is 14.4 Å². The summed E-state index contributed by atoms with van der Waals surface area (Å²) < 4.78 is 0. The summed E-state index contributed by atoms with van der Waals surface area (Å²) in [5.74, 6) is -1.16. The molecule has 1 aromatic carbocycles. The maximum Gasteiger partial charge on any atom is 0.249 e. The van der Waals surface area contributed by atoms with Crippen LogP contribution in [0.3, 0.4) is 0 Å². The third kappa shape index (κ3) is 4.52. The molecule has 1 heterocycles. The molecule has 122 valence electrons. The lowest BCUT2D eigenvalue weighted by Crippen LogP contribution is -2.48. The second kappa shape index (κ2) is 7.72. The SMILES string of the molecule is CC(C)C(=O)NC(=O)[C@@H]1CCCN1C(=O)/C=C/c1ccccc1. The van der Waals surface area contributed by atoms with Gasteiger partial charge in [-0.3, -0.25) is 19.7 Å². The second-order valence-corrected chi connectivity index (χ2v) is 5.94. The van der Waals surface area contributed by atoms with E-state index in [0.717, 1.165) is 12.0 Å². The quantitative estimate of drug-likeness (QED) is 0.864. The normalized spacial score (nSPS) is 17.7. The van der Waals surface area contributed by atoms with Crippen molar-refractivity contribution >= 4 is 23.8 Å². The van der Waals surface area contributed by atoms with Gasteiger partial charge in [0, 0.05) is 18.5 Å². The Kier molecular flexibility index (Phi) is 5.68. The predicted molar refractivity (Wildman–Crippen MR) is 88.2 cm³/mol. The van der Waals surface area contributed by atoms with Crippen molar-refractivity contribution in [3.05, 3.63) is 42.0 Å². The Bertz CT molecular complexity index is 608. The maximum atomic E-state index is 12.3. The minimum Gasteiger partial charge on any atom is -0.327 e. The molecule has 0 spiro atoms. The summed E-state index contributed by atoms with van der Waals surface area (Å²) in [6.45, 7) is 3.98.